The van der Waals surface area contributed by atoms with Gasteiger partial charge in [0.25, 0.3) is 0 Å². The number of carbonyl (C=O) groups excluding carboxylic acids is 1. The zero-order chi connectivity index (χ0) is 41.0. The van der Waals surface area contributed by atoms with Crippen LogP contribution in [0.3, 0.4) is 0 Å². The summed E-state index contributed by atoms with van der Waals surface area (Å²) in [5, 5.41) is 0. The van der Waals surface area contributed by atoms with Crippen molar-refractivity contribution in [1.82, 2.24) is 0 Å². The highest BCUT2D eigenvalue weighted by atomic mass is 32.9. The smallest absolute Gasteiger partial charge is 0.389 e. The van der Waals surface area contributed by atoms with Crippen LogP contribution in [0, 0.1) is 0 Å². The minimum Gasteiger partial charge on any atom is -0.466 e. The molecule has 324 valence electrons. The lowest BCUT2D eigenvalue weighted by molar-refractivity contribution is -0.142. The van der Waals surface area contributed by atoms with E-state index in [2.05, 4.69) is 13.8 Å². The largest absolute Gasteiger partial charge is 0.466 e. The normalized spacial score (nSPS) is 15.0. The molecule has 0 rings (SSSR count). The van der Waals surface area contributed by atoms with E-state index in [0.717, 1.165) is 61.3 Å². The van der Waals surface area contributed by atoms with E-state index in [1.165, 1.54) is 49.9 Å². The molecule has 2 atom stereocenters. The van der Waals surface area contributed by atoms with Crippen LogP contribution in [0.25, 0.3) is 0 Å². The van der Waals surface area contributed by atoms with Gasteiger partial charge in [-0.15, -0.1) is 0 Å². The van der Waals surface area contributed by atoms with Crippen LogP contribution in [0.15, 0.2) is 0 Å². The van der Waals surface area contributed by atoms with Crippen molar-refractivity contribution in [3.05, 3.63) is 0 Å². The van der Waals surface area contributed by atoms with Crippen LogP contribution in [0.2, 0.25) is 0 Å². The number of esters is 1. The first-order chi connectivity index (χ1) is 25.4. The summed E-state index contributed by atoms with van der Waals surface area (Å²) >= 11 is 9.97. The second-order valence-electron chi connectivity index (χ2n) is 14.5. The quantitative estimate of drug-likeness (QED) is 0.0334. The van der Waals surface area contributed by atoms with Crippen molar-refractivity contribution >= 4 is 71.2 Å². The summed E-state index contributed by atoms with van der Waals surface area (Å²) in [6.45, 7) is 14.2. The van der Waals surface area contributed by atoms with E-state index >= 15 is 0 Å². The first-order valence-corrected chi connectivity index (χ1v) is 30.9. The predicted octanol–water partition coefficient (Wildman–Crippen LogP) is 14.6. The van der Waals surface area contributed by atoms with Gasteiger partial charge in [0.2, 0.25) is 5.69 Å². The Morgan fingerprint density at radius 3 is 1.22 bits per heavy atom. The van der Waals surface area contributed by atoms with Crippen molar-refractivity contribution in [2.75, 3.05) is 23.9 Å². The minimum atomic E-state index is -3.51. The topological polar surface area (TPSA) is 116 Å². The highest BCUT2D eigenvalue weighted by Crippen LogP contribution is 2.67. The Morgan fingerprint density at radius 1 is 0.537 bits per heavy atom. The van der Waals surface area contributed by atoms with Gasteiger partial charge >= 0.3 is 19.6 Å². The molecule has 0 N–H and O–H groups in total. The Bertz CT molecular complexity index is 1000. The molecule has 0 bridgehead atoms. The fourth-order valence-corrected chi connectivity index (χ4v) is 19.0. The van der Waals surface area contributed by atoms with Gasteiger partial charge in [0.15, 0.2) is 0 Å². The number of ether oxygens (including phenoxy) is 1. The van der Waals surface area contributed by atoms with Gasteiger partial charge in [-0.1, -0.05) is 102 Å². The van der Waals surface area contributed by atoms with Crippen molar-refractivity contribution in [2.45, 2.75) is 209 Å². The lowest BCUT2D eigenvalue weighted by Gasteiger charge is -2.32. The fraction of sp³-hybridized carbons (Fsp3) is 0.973. The molecule has 0 fully saturated rings. The van der Waals surface area contributed by atoms with Gasteiger partial charge in [0.1, 0.15) is 0 Å². The van der Waals surface area contributed by atoms with Gasteiger partial charge in [0.05, 0.1) is 49.7 Å². The van der Waals surface area contributed by atoms with Crippen molar-refractivity contribution < 1.29 is 45.8 Å². The van der Waals surface area contributed by atoms with Crippen LogP contribution in [0.1, 0.15) is 172 Å². The predicted molar refractivity (Wildman–Crippen MR) is 239 cm³/mol. The number of hydrogen-bond donors (Lipinski definition) is 0. The number of hydrogen-bond acceptors (Lipinski definition) is 14. The molecule has 0 saturated carbocycles. The molecule has 2 unspecified atom stereocenters. The molecule has 0 aliphatic rings. The van der Waals surface area contributed by atoms with Gasteiger partial charge in [0, 0.05) is 17.3 Å². The summed E-state index contributed by atoms with van der Waals surface area (Å²) in [7, 11) is 0. The van der Waals surface area contributed by atoms with Crippen molar-refractivity contribution in [3.63, 3.8) is 0 Å². The Kier molecular flexibility index (Phi) is 33.0. The van der Waals surface area contributed by atoms with Gasteiger partial charge in [-0.2, -0.15) is 0 Å². The van der Waals surface area contributed by atoms with Crippen molar-refractivity contribution in [1.29, 1.82) is 0 Å². The van der Waals surface area contributed by atoms with E-state index in [0.29, 0.717) is 36.7 Å². The zero-order valence-electron chi connectivity index (χ0n) is 35.5. The van der Waals surface area contributed by atoms with E-state index < -0.39 is 31.5 Å². The summed E-state index contributed by atoms with van der Waals surface area (Å²) < 4.78 is 70.2. The molecule has 10 nitrogen and oxygen atoms in total. The molecule has 0 aromatic rings. The average Bonchev–Trinajstić information content (AvgIpc) is 3.04. The molecule has 0 saturated heterocycles. The number of carbonyl (C=O) groups is 1. The fourth-order valence-electron chi connectivity index (χ4n) is 5.12. The molecule has 0 amide bonds. The van der Waals surface area contributed by atoms with E-state index in [1.807, 2.05) is 55.4 Å². The number of unbranched alkanes of at least 4 members (excludes halogenated alkanes) is 10. The number of rotatable bonds is 37. The third-order valence-corrected chi connectivity index (χ3v) is 20.9. The van der Waals surface area contributed by atoms with E-state index in [9.17, 15) is 13.9 Å². The van der Waals surface area contributed by atoms with Crippen molar-refractivity contribution in [3.8, 4) is 0 Å². The minimum absolute atomic E-state index is 0.163. The molecule has 0 aliphatic carbocycles. The third-order valence-electron chi connectivity index (χ3n) is 7.37. The van der Waals surface area contributed by atoms with Gasteiger partial charge < -0.3 is 13.8 Å². The van der Waals surface area contributed by atoms with Crippen molar-refractivity contribution in [2.24, 2.45) is 0 Å². The van der Waals surface area contributed by atoms with Gasteiger partial charge in [-0.3, -0.25) is 22.9 Å². The standard InChI is InChI=1S/C37H77O10P3S4/c1-12-15-17-19-21-23-25-35(29-53-48(39,42-31(4)5)43-32(6)7)46-50(51,52-28-27-37(38)41-14-3)47-36(26-24-22-20-18-16-13-2)30-54-49(40,44-33(8)9)45-34(10)11/h31-36H,12-30H2,1-11H3. The molecule has 0 heterocycles. The molecule has 0 aromatic carbocycles. The van der Waals surface area contributed by atoms with Crippen LogP contribution in [0.5, 0.6) is 0 Å². The molecular weight excluding hydrogens is 826 g/mol. The van der Waals surface area contributed by atoms with E-state index in [1.54, 1.807) is 6.92 Å². The lowest BCUT2D eigenvalue weighted by Crippen LogP contribution is -2.20. The lowest BCUT2D eigenvalue weighted by atomic mass is 10.1. The Balaban J connectivity index is 6.55. The summed E-state index contributed by atoms with van der Waals surface area (Å²) in [5.74, 6) is 0.728. The van der Waals surface area contributed by atoms with Crippen LogP contribution in [-0.2, 0) is 57.6 Å². The van der Waals surface area contributed by atoms with E-state index in [4.69, 9.17) is 43.7 Å². The van der Waals surface area contributed by atoms with Gasteiger partial charge in [-0.05, 0) is 110 Å². The SMILES string of the molecule is CCCCCCCCC(CSP(=O)(OC(C)C)OC(C)C)OP(=S)(OC(CCCCCCCC)CSP(=O)(OC(C)C)OC(C)C)SCCC(=O)OCC. The van der Waals surface area contributed by atoms with E-state index in [-0.39, 0.29) is 36.8 Å². The summed E-state index contributed by atoms with van der Waals surface area (Å²) in [5.41, 5.74) is -3.14. The second-order valence-corrected chi connectivity index (χ2v) is 28.9. The van der Waals surface area contributed by atoms with Gasteiger partial charge in [-0.25, -0.2) is 9.13 Å². The average molecular weight is 903 g/mol. The van der Waals surface area contributed by atoms with Crippen LogP contribution < -0.4 is 0 Å². The maximum absolute atomic E-state index is 13.9. The maximum Gasteiger partial charge on any atom is 0.389 e. The maximum atomic E-state index is 13.9. The molecule has 54 heavy (non-hydrogen) atoms. The summed E-state index contributed by atoms with van der Waals surface area (Å²) in [6.07, 6.45) is 12.9. The third kappa shape index (κ3) is 30.4. The molecule has 17 heteroatoms. The van der Waals surface area contributed by atoms with Crippen LogP contribution in [0.4, 0.5) is 0 Å². The van der Waals surface area contributed by atoms with Crippen LogP contribution >= 0.6 is 53.4 Å². The highest BCUT2D eigenvalue weighted by Gasteiger charge is 2.36. The molecule has 0 aromatic heterocycles. The van der Waals surface area contributed by atoms with Crippen LogP contribution in [-0.4, -0.2) is 66.5 Å². The summed E-state index contributed by atoms with van der Waals surface area (Å²) in [4.78, 5) is 12.4. The first kappa shape index (κ1) is 55.4. The first-order valence-electron chi connectivity index (χ1n) is 20.4. The highest BCUT2D eigenvalue weighted by molar-refractivity contribution is 8.68. The second kappa shape index (κ2) is 32.2. The summed E-state index contributed by atoms with van der Waals surface area (Å²) in [6, 6.07) is 0. The monoisotopic (exact) mass is 902 g/mol. The Morgan fingerprint density at radius 2 is 0.889 bits per heavy atom. The Hall–Kier alpha value is 1.39. The molecule has 0 spiro atoms. The molecule has 0 radical (unpaired) electrons. The molecular formula is C37H77O10P3S4. The molecule has 0 aliphatic heterocycles. The zero-order valence-corrected chi connectivity index (χ0v) is 41.4. The Labute approximate surface area is 348 Å².